The number of fused-ring (bicyclic) bond motifs is 1. The number of ether oxygens (including phenoxy) is 1. The second-order valence-corrected chi connectivity index (χ2v) is 7.91. The quantitative estimate of drug-likeness (QED) is 0.672. The molecule has 2 aliphatic rings. The highest BCUT2D eigenvalue weighted by molar-refractivity contribution is 6.06. The summed E-state index contributed by atoms with van der Waals surface area (Å²) >= 11 is 0. The molecule has 0 radical (unpaired) electrons. The maximum atomic E-state index is 6.35. The van der Waals surface area contributed by atoms with E-state index in [1.54, 1.807) is 4.80 Å². The zero-order valence-corrected chi connectivity index (χ0v) is 17.5. The molecule has 2 heterocycles. The molecule has 1 aliphatic heterocycles. The van der Waals surface area contributed by atoms with Crippen molar-refractivity contribution < 1.29 is 4.74 Å². The van der Waals surface area contributed by atoms with Crippen LogP contribution in [0.5, 0.6) is 5.75 Å². The largest absolute Gasteiger partial charge is 0.494 e. The summed E-state index contributed by atoms with van der Waals surface area (Å²) in [4.78, 5) is 12.6. The molecule has 1 saturated carbocycles. The van der Waals surface area contributed by atoms with E-state index in [1.165, 1.54) is 6.42 Å². The fraction of sp³-hybridized carbons (Fsp3) is 0.364. The highest BCUT2D eigenvalue weighted by atomic mass is 16.5. The molecule has 0 bridgehead atoms. The average Bonchev–Trinajstić information content (AvgIpc) is 3.18. The highest BCUT2D eigenvalue weighted by Gasteiger charge is 2.42. The van der Waals surface area contributed by atoms with Gasteiger partial charge < -0.3 is 16.2 Å². The number of hydrogen-bond donors (Lipinski definition) is 2. The molecule has 1 aliphatic carbocycles. The molecule has 1 fully saturated rings. The molecule has 5 rings (SSSR count). The van der Waals surface area contributed by atoms with Crippen LogP contribution in [0.2, 0.25) is 0 Å². The van der Waals surface area contributed by atoms with Gasteiger partial charge in [-0.2, -0.15) is 9.79 Å². The van der Waals surface area contributed by atoms with Gasteiger partial charge in [0.05, 0.1) is 12.3 Å². The van der Waals surface area contributed by atoms with E-state index in [2.05, 4.69) is 15.2 Å². The molecule has 9 heteroatoms. The van der Waals surface area contributed by atoms with Gasteiger partial charge in [0.1, 0.15) is 22.4 Å². The van der Waals surface area contributed by atoms with Crippen LogP contribution in [-0.4, -0.2) is 39.2 Å². The Bertz CT molecular complexity index is 1160. The SMILES string of the molecule is CCOc1ccc(-n2nc3ccc(N4C(N)=NC(N)=NC45CCCCC5)cc3n2)cc1. The maximum absolute atomic E-state index is 6.35. The summed E-state index contributed by atoms with van der Waals surface area (Å²) in [6, 6.07) is 13.6. The van der Waals surface area contributed by atoms with Crippen molar-refractivity contribution in [1.29, 1.82) is 0 Å². The highest BCUT2D eigenvalue weighted by Crippen LogP contribution is 2.39. The molecule has 2 aromatic carbocycles. The van der Waals surface area contributed by atoms with Crippen LogP contribution in [0.1, 0.15) is 39.0 Å². The molecule has 0 amide bonds. The molecule has 9 nitrogen and oxygen atoms in total. The summed E-state index contributed by atoms with van der Waals surface area (Å²) in [6.45, 7) is 2.59. The van der Waals surface area contributed by atoms with Crippen molar-refractivity contribution in [2.24, 2.45) is 21.5 Å². The molecule has 0 atom stereocenters. The van der Waals surface area contributed by atoms with Gasteiger partial charge in [-0.3, -0.25) is 4.90 Å². The van der Waals surface area contributed by atoms with Gasteiger partial charge in [0.15, 0.2) is 0 Å². The zero-order chi connectivity index (χ0) is 21.4. The fourth-order valence-electron chi connectivity index (χ4n) is 4.49. The van der Waals surface area contributed by atoms with Crippen molar-refractivity contribution in [3.05, 3.63) is 42.5 Å². The minimum absolute atomic E-state index is 0.248. The standard InChI is InChI=1S/C22H26N8O/c1-2-31-17-9-6-15(7-10-17)30-27-18-11-8-16(14-19(18)28-30)29-21(24)25-20(23)26-22(29)12-4-3-5-13-22/h6-11,14H,2-5,12-13H2,1H3,(H4,23,24,25,26). The Balaban J connectivity index is 1.51. The van der Waals surface area contributed by atoms with E-state index in [9.17, 15) is 0 Å². The van der Waals surface area contributed by atoms with Crippen LogP contribution in [0.4, 0.5) is 5.69 Å². The van der Waals surface area contributed by atoms with Crippen LogP contribution in [0, 0.1) is 0 Å². The van der Waals surface area contributed by atoms with E-state index in [1.807, 2.05) is 54.3 Å². The Labute approximate surface area is 180 Å². The molecule has 1 aromatic heterocycles. The van der Waals surface area contributed by atoms with E-state index >= 15 is 0 Å². The number of benzene rings is 2. The first-order valence-electron chi connectivity index (χ1n) is 10.7. The molecule has 160 valence electrons. The van der Waals surface area contributed by atoms with Crippen LogP contribution < -0.4 is 21.1 Å². The Morgan fingerprint density at radius 2 is 1.65 bits per heavy atom. The predicted octanol–water partition coefficient (Wildman–Crippen LogP) is 2.93. The van der Waals surface area contributed by atoms with E-state index in [-0.39, 0.29) is 5.96 Å². The number of aliphatic imine (C=N–C) groups is 2. The number of anilines is 1. The Kier molecular flexibility index (Phi) is 4.72. The summed E-state index contributed by atoms with van der Waals surface area (Å²) in [5, 5.41) is 9.30. The third-order valence-corrected chi connectivity index (χ3v) is 5.85. The first-order valence-corrected chi connectivity index (χ1v) is 10.7. The van der Waals surface area contributed by atoms with Crippen LogP contribution in [0.15, 0.2) is 52.4 Å². The molecule has 0 saturated heterocycles. The lowest BCUT2D eigenvalue weighted by atomic mass is 9.87. The predicted molar refractivity (Wildman–Crippen MR) is 122 cm³/mol. The van der Waals surface area contributed by atoms with Gasteiger partial charge in [-0.15, -0.1) is 10.2 Å². The smallest absolute Gasteiger partial charge is 0.220 e. The van der Waals surface area contributed by atoms with Crippen LogP contribution in [-0.2, 0) is 0 Å². The maximum Gasteiger partial charge on any atom is 0.220 e. The number of hydrogen-bond acceptors (Lipinski definition) is 8. The molecular formula is C22H26N8O. The number of nitrogens with zero attached hydrogens (tertiary/aromatic N) is 6. The van der Waals surface area contributed by atoms with Crippen molar-refractivity contribution in [2.45, 2.75) is 44.7 Å². The van der Waals surface area contributed by atoms with Crippen LogP contribution >= 0.6 is 0 Å². The van der Waals surface area contributed by atoms with Gasteiger partial charge >= 0.3 is 0 Å². The van der Waals surface area contributed by atoms with Crippen molar-refractivity contribution in [1.82, 2.24) is 15.0 Å². The summed E-state index contributed by atoms with van der Waals surface area (Å²) < 4.78 is 5.51. The van der Waals surface area contributed by atoms with Gasteiger partial charge in [-0.1, -0.05) is 6.42 Å². The number of nitrogens with two attached hydrogens (primary N) is 2. The molecule has 31 heavy (non-hydrogen) atoms. The van der Waals surface area contributed by atoms with Crippen LogP contribution in [0.3, 0.4) is 0 Å². The van der Waals surface area contributed by atoms with Crippen molar-refractivity contribution in [3.8, 4) is 11.4 Å². The van der Waals surface area contributed by atoms with Crippen molar-refractivity contribution >= 4 is 28.6 Å². The monoisotopic (exact) mass is 418 g/mol. The topological polar surface area (TPSA) is 120 Å². The summed E-state index contributed by atoms with van der Waals surface area (Å²) in [5.74, 6) is 1.44. The van der Waals surface area contributed by atoms with Gasteiger partial charge in [0, 0.05) is 5.69 Å². The lowest BCUT2D eigenvalue weighted by Crippen LogP contribution is -2.58. The van der Waals surface area contributed by atoms with E-state index in [0.717, 1.165) is 53.8 Å². The van der Waals surface area contributed by atoms with Gasteiger partial charge in [-0.05, 0) is 75.1 Å². The Hall–Kier alpha value is -3.62. The molecule has 4 N–H and O–H groups in total. The third-order valence-electron chi connectivity index (χ3n) is 5.85. The first kappa shape index (κ1) is 19.3. The van der Waals surface area contributed by atoms with E-state index in [0.29, 0.717) is 12.6 Å². The molecule has 3 aromatic rings. The number of aromatic nitrogens is 3. The minimum Gasteiger partial charge on any atom is -0.494 e. The molecular weight excluding hydrogens is 392 g/mol. The Morgan fingerprint density at radius 1 is 0.935 bits per heavy atom. The third kappa shape index (κ3) is 3.45. The number of guanidine groups is 2. The Morgan fingerprint density at radius 3 is 2.39 bits per heavy atom. The normalized spacial score (nSPS) is 18.2. The molecule has 1 spiro atoms. The zero-order valence-electron chi connectivity index (χ0n) is 17.5. The summed E-state index contributed by atoms with van der Waals surface area (Å²) in [5.41, 5.74) is 15.2. The number of rotatable bonds is 4. The van der Waals surface area contributed by atoms with Gasteiger partial charge in [-0.25, -0.2) is 4.99 Å². The van der Waals surface area contributed by atoms with E-state index in [4.69, 9.17) is 21.2 Å². The van der Waals surface area contributed by atoms with Gasteiger partial charge in [0.2, 0.25) is 11.9 Å². The second kappa shape index (κ2) is 7.57. The molecule has 0 unspecified atom stereocenters. The van der Waals surface area contributed by atoms with Gasteiger partial charge in [0.25, 0.3) is 0 Å². The van der Waals surface area contributed by atoms with E-state index < -0.39 is 5.66 Å². The summed E-state index contributed by atoms with van der Waals surface area (Å²) in [7, 11) is 0. The van der Waals surface area contributed by atoms with Crippen LogP contribution in [0.25, 0.3) is 16.7 Å². The second-order valence-electron chi connectivity index (χ2n) is 7.91. The van der Waals surface area contributed by atoms with Crippen molar-refractivity contribution in [2.75, 3.05) is 11.5 Å². The van der Waals surface area contributed by atoms with Crippen molar-refractivity contribution in [3.63, 3.8) is 0 Å². The lowest BCUT2D eigenvalue weighted by Gasteiger charge is -2.45. The lowest BCUT2D eigenvalue weighted by molar-refractivity contribution is 0.305. The fourth-order valence-corrected chi connectivity index (χ4v) is 4.49. The first-order chi connectivity index (χ1) is 15.1. The average molecular weight is 419 g/mol. The minimum atomic E-state index is -0.479. The summed E-state index contributed by atoms with van der Waals surface area (Å²) in [6.07, 6.45) is 5.13.